The molecule has 1 aromatic heterocycles. The molecule has 0 aliphatic carbocycles. The lowest BCUT2D eigenvalue weighted by atomic mass is 9.94. The minimum absolute atomic E-state index is 0.415. The predicted octanol–water partition coefficient (Wildman–Crippen LogP) is 2.84. The van der Waals surface area contributed by atoms with Crippen LogP contribution in [0.4, 0.5) is 18.9 Å². The average molecular weight is 340 g/mol. The summed E-state index contributed by atoms with van der Waals surface area (Å²) in [6.45, 7) is 1.34. The van der Waals surface area contributed by atoms with E-state index in [1.165, 1.54) is 19.3 Å². The van der Waals surface area contributed by atoms with Crippen molar-refractivity contribution in [2.45, 2.75) is 31.5 Å². The minimum Gasteiger partial charge on any atom is -0.370 e. The van der Waals surface area contributed by atoms with Gasteiger partial charge < -0.3 is 11.1 Å². The van der Waals surface area contributed by atoms with E-state index in [1.807, 2.05) is 0 Å². The molecule has 1 aromatic rings. The molecule has 3 N–H and O–H groups in total. The first-order chi connectivity index (χ1) is 8.62. The number of nitrogens with two attached hydrogens (primary N) is 1. The number of anilines is 1. The fourth-order valence-corrected chi connectivity index (χ4v) is 1.80. The molecular weight excluding hydrogens is 327 g/mol. The van der Waals surface area contributed by atoms with Gasteiger partial charge in [-0.2, -0.15) is 13.2 Å². The number of alkyl halides is 3. The standard InChI is InChI=1S/C11H13BrF3N3O/c1-10(9(16)19,2-3-11(13,14)15)18-8-4-7(12)5-17-6-8/h4-6,18H,2-3H2,1H3,(H2,16,19). The van der Waals surface area contributed by atoms with Crippen LogP contribution in [0.15, 0.2) is 22.9 Å². The Balaban J connectivity index is 2.85. The molecule has 0 aromatic carbocycles. The highest BCUT2D eigenvalue weighted by Gasteiger charge is 2.37. The summed E-state index contributed by atoms with van der Waals surface area (Å²) in [4.78, 5) is 15.2. The first kappa shape index (κ1) is 15.7. The molecule has 0 radical (unpaired) electrons. The van der Waals surface area contributed by atoms with Crippen molar-refractivity contribution in [3.8, 4) is 0 Å². The molecule has 0 aliphatic rings. The molecule has 4 nitrogen and oxygen atoms in total. The summed E-state index contributed by atoms with van der Waals surface area (Å²) < 4.78 is 37.4. The smallest absolute Gasteiger partial charge is 0.370 e. The van der Waals surface area contributed by atoms with Crippen molar-refractivity contribution in [2.75, 3.05) is 5.32 Å². The first-order valence-corrected chi connectivity index (χ1v) is 6.17. The van der Waals surface area contributed by atoms with Gasteiger partial charge >= 0.3 is 6.18 Å². The lowest BCUT2D eigenvalue weighted by molar-refractivity contribution is -0.140. The SMILES string of the molecule is CC(CCC(F)(F)F)(Nc1cncc(Br)c1)C(N)=O. The van der Waals surface area contributed by atoms with E-state index >= 15 is 0 Å². The highest BCUT2D eigenvalue weighted by molar-refractivity contribution is 9.10. The highest BCUT2D eigenvalue weighted by atomic mass is 79.9. The molecule has 1 heterocycles. The summed E-state index contributed by atoms with van der Waals surface area (Å²) >= 11 is 3.18. The maximum Gasteiger partial charge on any atom is 0.389 e. The first-order valence-electron chi connectivity index (χ1n) is 5.38. The van der Waals surface area contributed by atoms with Gasteiger partial charge in [0.1, 0.15) is 5.54 Å². The third-order valence-electron chi connectivity index (χ3n) is 2.58. The van der Waals surface area contributed by atoms with E-state index in [2.05, 4.69) is 26.2 Å². The maximum atomic E-state index is 12.3. The van der Waals surface area contributed by atoms with E-state index in [4.69, 9.17) is 5.73 Å². The largest absolute Gasteiger partial charge is 0.389 e. The van der Waals surface area contributed by atoms with Gasteiger partial charge in [-0.05, 0) is 35.3 Å². The summed E-state index contributed by atoms with van der Waals surface area (Å²) in [7, 11) is 0. The van der Waals surface area contributed by atoms with Crippen LogP contribution in [-0.2, 0) is 4.79 Å². The zero-order valence-corrected chi connectivity index (χ0v) is 11.7. The van der Waals surface area contributed by atoms with Crippen molar-refractivity contribution >= 4 is 27.5 Å². The number of hydrogen-bond acceptors (Lipinski definition) is 3. The summed E-state index contributed by atoms with van der Waals surface area (Å²) in [5, 5.41) is 2.70. The van der Waals surface area contributed by atoms with Gasteiger partial charge in [0, 0.05) is 17.1 Å². The van der Waals surface area contributed by atoms with Gasteiger partial charge in [0.2, 0.25) is 5.91 Å². The summed E-state index contributed by atoms with van der Waals surface area (Å²) in [6, 6.07) is 1.60. The molecule has 1 unspecified atom stereocenters. The maximum absolute atomic E-state index is 12.3. The Bertz CT molecular complexity index is 467. The number of primary amides is 1. The van der Waals surface area contributed by atoms with Crippen LogP contribution in [-0.4, -0.2) is 22.6 Å². The van der Waals surface area contributed by atoms with Crippen molar-refractivity contribution in [1.29, 1.82) is 0 Å². The highest BCUT2D eigenvalue weighted by Crippen LogP contribution is 2.28. The Morgan fingerprint density at radius 3 is 2.53 bits per heavy atom. The number of amides is 1. The normalized spacial score (nSPS) is 14.8. The summed E-state index contributed by atoms with van der Waals surface area (Å²) in [5.74, 6) is -0.850. The van der Waals surface area contributed by atoms with Crippen LogP contribution < -0.4 is 11.1 Å². The molecule has 0 saturated carbocycles. The van der Waals surface area contributed by atoms with Crippen LogP contribution in [0.3, 0.4) is 0 Å². The molecule has 0 fully saturated rings. The Morgan fingerprint density at radius 2 is 2.05 bits per heavy atom. The molecule has 106 valence electrons. The van der Waals surface area contributed by atoms with Crippen molar-refractivity contribution in [3.05, 3.63) is 22.9 Å². The van der Waals surface area contributed by atoms with Crippen LogP contribution in [0.25, 0.3) is 0 Å². The van der Waals surface area contributed by atoms with Crippen molar-refractivity contribution < 1.29 is 18.0 Å². The zero-order chi connectivity index (χ0) is 14.7. The minimum atomic E-state index is -4.34. The second-order valence-electron chi connectivity index (χ2n) is 4.33. The Hall–Kier alpha value is -1.31. The second-order valence-corrected chi connectivity index (χ2v) is 5.24. The number of rotatable bonds is 5. The number of pyridine rings is 1. The fourth-order valence-electron chi connectivity index (χ4n) is 1.44. The third-order valence-corrected chi connectivity index (χ3v) is 3.01. The van der Waals surface area contributed by atoms with Crippen molar-refractivity contribution in [2.24, 2.45) is 5.73 Å². The molecule has 0 bridgehead atoms. The average Bonchev–Trinajstić information content (AvgIpc) is 2.25. The quantitative estimate of drug-likeness (QED) is 0.866. The number of carbonyl (C=O) groups is 1. The monoisotopic (exact) mass is 339 g/mol. The number of nitrogens with one attached hydrogen (secondary N) is 1. The number of nitrogens with zero attached hydrogens (tertiary/aromatic N) is 1. The Labute approximate surface area is 116 Å². The topological polar surface area (TPSA) is 68.0 Å². The van der Waals surface area contributed by atoms with Crippen LogP contribution in [0.5, 0.6) is 0 Å². The van der Waals surface area contributed by atoms with Gasteiger partial charge in [0.25, 0.3) is 0 Å². The third kappa shape index (κ3) is 5.06. The van der Waals surface area contributed by atoms with E-state index < -0.39 is 30.5 Å². The number of carbonyl (C=O) groups excluding carboxylic acids is 1. The Morgan fingerprint density at radius 1 is 1.42 bits per heavy atom. The Kier molecular flexibility index (Phi) is 4.78. The summed E-state index contributed by atoms with van der Waals surface area (Å²) in [5.41, 5.74) is 4.11. The van der Waals surface area contributed by atoms with Crippen LogP contribution in [0.2, 0.25) is 0 Å². The van der Waals surface area contributed by atoms with Gasteiger partial charge in [0.15, 0.2) is 0 Å². The van der Waals surface area contributed by atoms with Crippen LogP contribution in [0, 0.1) is 0 Å². The van der Waals surface area contributed by atoms with Gasteiger partial charge in [0.05, 0.1) is 11.9 Å². The summed E-state index contributed by atoms with van der Waals surface area (Å²) in [6.07, 6.45) is -2.96. The lowest BCUT2D eigenvalue weighted by Crippen LogP contribution is -2.48. The van der Waals surface area contributed by atoms with E-state index in [9.17, 15) is 18.0 Å². The molecule has 8 heteroatoms. The van der Waals surface area contributed by atoms with Crippen molar-refractivity contribution in [1.82, 2.24) is 4.98 Å². The zero-order valence-electron chi connectivity index (χ0n) is 10.1. The van der Waals surface area contributed by atoms with E-state index in [-0.39, 0.29) is 0 Å². The van der Waals surface area contributed by atoms with Gasteiger partial charge in [-0.25, -0.2) is 0 Å². The molecule has 0 aliphatic heterocycles. The number of halogens is 4. The molecule has 1 atom stereocenters. The molecule has 0 spiro atoms. The molecule has 19 heavy (non-hydrogen) atoms. The number of hydrogen-bond donors (Lipinski definition) is 2. The molecule has 0 saturated heterocycles. The van der Waals surface area contributed by atoms with Crippen molar-refractivity contribution in [3.63, 3.8) is 0 Å². The molecular formula is C11H13BrF3N3O. The second kappa shape index (κ2) is 5.77. The van der Waals surface area contributed by atoms with Gasteiger partial charge in [-0.3, -0.25) is 9.78 Å². The molecule has 1 rings (SSSR count). The fraction of sp³-hybridized carbons (Fsp3) is 0.455. The van der Waals surface area contributed by atoms with E-state index in [0.717, 1.165) is 0 Å². The predicted molar refractivity (Wildman–Crippen MR) is 68.4 cm³/mol. The lowest BCUT2D eigenvalue weighted by Gasteiger charge is -2.29. The van der Waals surface area contributed by atoms with E-state index in [1.54, 1.807) is 6.07 Å². The van der Waals surface area contributed by atoms with Gasteiger partial charge in [-0.15, -0.1) is 0 Å². The number of aromatic nitrogens is 1. The molecule has 1 amide bonds. The van der Waals surface area contributed by atoms with Crippen LogP contribution >= 0.6 is 15.9 Å². The van der Waals surface area contributed by atoms with Crippen LogP contribution in [0.1, 0.15) is 19.8 Å². The van der Waals surface area contributed by atoms with Gasteiger partial charge in [-0.1, -0.05) is 0 Å². The van der Waals surface area contributed by atoms with E-state index in [0.29, 0.717) is 10.2 Å².